The fourth-order valence-corrected chi connectivity index (χ4v) is 3.56. The third-order valence-corrected chi connectivity index (χ3v) is 4.71. The average Bonchev–Trinajstić information content (AvgIpc) is 3.06. The van der Waals surface area contributed by atoms with Crippen LogP contribution in [0, 0.1) is 6.92 Å². The number of rotatable bonds is 4. The number of nitrogens with one attached hydrogen (secondary N) is 1. The van der Waals surface area contributed by atoms with Gasteiger partial charge < -0.3 is 5.32 Å². The summed E-state index contributed by atoms with van der Waals surface area (Å²) in [4.78, 5) is 8.41. The lowest BCUT2D eigenvalue weighted by molar-refractivity contribution is -0.137. The Morgan fingerprint density at radius 3 is 2.46 bits per heavy atom. The molecule has 0 saturated heterocycles. The highest BCUT2D eigenvalue weighted by Gasteiger charge is 2.32. The summed E-state index contributed by atoms with van der Waals surface area (Å²) in [5.41, 5.74) is -0.577. The predicted octanol–water partition coefficient (Wildman–Crippen LogP) is 5.95. The van der Waals surface area contributed by atoms with Gasteiger partial charge in [0.1, 0.15) is 23.5 Å². The van der Waals surface area contributed by atoms with E-state index in [2.05, 4.69) is 15.3 Å². The van der Waals surface area contributed by atoms with Gasteiger partial charge in [-0.15, -0.1) is 0 Å². The first-order valence-corrected chi connectivity index (χ1v) is 8.74. The quantitative estimate of drug-likeness (QED) is 0.520. The van der Waals surface area contributed by atoms with Crippen LogP contribution in [-0.2, 0) is 12.9 Å². The number of nitrogens with zero attached hydrogens (tertiary/aromatic N) is 2. The zero-order valence-corrected chi connectivity index (χ0v) is 14.9. The Labute approximate surface area is 153 Å². The largest absolute Gasteiger partial charge is 0.416 e. The second-order valence-corrected chi connectivity index (χ2v) is 6.82. The van der Waals surface area contributed by atoms with E-state index in [1.165, 1.54) is 6.07 Å². The Bertz CT molecular complexity index is 802. The number of halogens is 5. The summed E-state index contributed by atoms with van der Waals surface area (Å²) in [6.07, 6.45) is -0.505. The molecule has 3 nitrogen and oxygen atoms in total. The molecule has 140 valence electrons. The summed E-state index contributed by atoms with van der Waals surface area (Å²) in [7, 11) is 0. The van der Waals surface area contributed by atoms with Gasteiger partial charge in [0, 0.05) is 6.04 Å². The molecule has 1 heterocycles. The smallest absolute Gasteiger partial charge is 0.367 e. The molecule has 1 fully saturated rings. The molecule has 0 bridgehead atoms. The molecule has 1 N–H and O–H groups in total. The van der Waals surface area contributed by atoms with E-state index in [1.807, 2.05) is 0 Å². The number of alkyl halides is 4. The van der Waals surface area contributed by atoms with Gasteiger partial charge in [-0.3, -0.25) is 0 Å². The molecular formula is C18H18ClF4N3. The Morgan fingerprint density at radius 1 is 1.15 bits per heavy atom. The number of hydrogen-bond donors (Lipinski definition) is 1. The molecule has 1 saturated carbocycles. The Hall–Kier alpha value is -1.89. The fraction of sp³-hybridized carbons (Fsp3) is 0.444. The summed E-state index contributed by atoms with van der Waals surface area (Å²) in [5, 5.41) is 3.32. The lowest BCUT2D eigenvalue weighted by Gasteiger charge is -2.19. The van der Waals surface area contributed by atoms with E-state index in [0.717, 1.165) is 37.8 Å². The van der Waals surface area contributed by atoms with Gasteiger partial charge in [-0.25, -0.2) is 14.4 Å². The molecule has 1 aliphatic rings. The maximum absolute atomic E-state index is 13.2. The third-order valence-electron chi connectivity index (χ3n) is 4.44. The van der Waals surface area contributed by atoms with E-state index < -0.39 is 18.4 Å². The number of benzene rings is 1. The first-order valence-electron chi connectivity index (χ1n) is 8.36. The van der Waals surface area contributed by atoms with Gasteiger partial charge >= 0.3 is 6.18 Å². The van der Waals surface area contributed by atoms with Crippen molar-refractivity contribution in [3.63, 3.8) is 0 Å². The maximum Gasteiger partial charge on any atom is 0.416 e. The van der Waals surface area contributed by atoms with Crippen LogP contribution >= 0.6 is 11.6 Å². The molecule has 1 aromatic carbocycles. The van der Waals surface area contributed by atoms with Crippen LogP contribution in [0.25, 0.3) is 11.1 Å². The van der Waals surface area contributed by atoms with Crippen molar-refractivity contribution >= 4 is 17.4 Å². The van der Waals surface area contributed by atoms with Gasteiger partial charge in [0.05, 0.1) is 11.1 Å². The van der Waals surface area contributed by atoms with Crippen LogP contribution in [0.5, 0.6) is 0 Å². The van der Waals surface area contributed by atoms with Gasteiger partial charge in [0.2, 0.25) is 0 Å². The molecular weight excluding hydrogens is 370 g/mol. The second-order valence-electron chi connectivity index (χ2n) is 6.46. The van der Waals surface area contributed by atoms with Gasteiger partial charge in [-0.1, -0.05) is 24.4 Å². The molecule has 2 aromatic rings. The molecule has 1 aliphatic carbocycles. The molecule has 0 amide bonds. The minimum absolute atomic E-state index is 0.0436. The molecule has 0 spiro atoms. The minimum Gasteiger partial charge on any atom is -0.367 e. The van der Waals surface area contributed by atoms with Gasteiger partial charge in [-0.05, 0) is 49.1 Å². The van der Waals surface area contributed by atoms with Crippen molar-refractivity contribution in [2.24, 2.45) is 0 Å². The maximum atomic E-state index is 13.2. The van der Waals surface area contributed by atoms with Gasteiger partial charge in [0.15, 0.2) is 0 Å². The molecule has 26 heavy (non-hydrogen) atoms. The van der Waals surface area contributed by atoms with E-state index in [4.69, 9.17) is 11.6 Å². The molecule has 0 unspecified atom stereocenters. The Morgan fingerprint density at radius 2 is 1.85 bits per heavy atom. The average molecular weight is 388 g/mol. The standard InChI is InChI=1S/C18H18ClF4N3/c1-10-24-16(19)15(17(25-10)26-14-4-2-3-5-14)12-6-11(9-20)7-13(8-12)18(21,22)23/h6-8,14H,2-5,9H2,1H3,(H,24,25,26). The SMILES string of the molecule is Cc1nc(Cl)c(-c2cc(CF)cc(C(F)(F)F)c2)c(NC2CCCC2)n1. The van der Waals surface area contributed by atoms with Crippen molar-refractivity contribution in [1.82, 2.24) is 9.97 Å². The second kappa shape index (κ2) is 7.39. The number of aromatic nitrogens is 2. The van der Waals surface area contributed by atoms with Crippen molar-refractivity contribution in [1.29, 1.82) is 0 Å². The minimum atomic E-state index is -4.59. The van der Waals surface area contributed by atoms with Gasteiger partial charge in [-0.2, -0.15) is 13.2 Å². The van der Waals surface area contributed by atoms with Crippen molar-refractivity contribution in [3.8, 4) is 11.1 Å². The summed E-state index contributed by atoms with van der Waals surface area (Å²) in [5.74, 6) is 0.801. The zero-order chi connectivity index (χ0) is 18.9. The molecule has 0 aliphatic heterocycles. The zero-order valence-electron chi connectivity index (χ0n) is 14.1. The predicted molar refractivity (Wildman–Crippen MR) is 92.9 cm³/mol. The number of aryl methyl sites for hydroxylation is 1. The Balaban J connectivity index is 2.13. The van der Waals surface area contributed by atoms with Crippen LogP contribution in [0.4, 0.5) is 23.4 Å². The van der Waals surface area contributed by atoms with E-state index in [1.54, 1.807) is 6.92 Å². The van der Waals surface area contributed by atoms with Crippen LogP contribution in [0.2, 0.25) is 5.15 Å². The van der Waals surface area contributed by atoms with Crippen molar-refractivity contribution in [3.05, 3.63) is 40.3 Å². The lowest BCUT2D eigenvalue weighted by Crippen LogP contribution is -2.17. The van der Waals surface area contributed by atoms with Crippen LogP contribution in [-0.4, -0.2) is 16.0 Å². The number of hydrogen-bond acceptors (Lipinski definition) is 3. The highest BCUT2D eigenvalue weighted by Crippen LogP contribution is 2.39. The normalized spacial score (nSPS) is 15.5. The number of anilines is 1. The topological polar surface area (TPSA) is 37.8 Å². The highest BCUT2D eigenvalue weighted by molar-refractivity contribution is 6.32. The monoisotopic (exact) mass is 387 g/mol. The fourth-order valence-electron chi connectivity index (χ4n) is 3.24. The molecule has 1 aromatic heterocycles. The van der Waals surface area contributed by atoms with E-state index >= 15 is 0 Å². The first-order chi connectivity index (χ1) is 12.3. The molecule has 3 rings (SSSR count). The third kappa shape index (κ3) is 4.09. The van der Waals surface area contributed by atoms with Crippen molar-refractivity contribution in [2.75, 3.05) is 5.32 Å². The molecule has 8 heteroatoms. The van der Waals surface area contributed by atoms with Gasteiger partial charge in [0.25, 0.3) is 0 Å². The lowest BCUT2D eigenvalue weighted by atomic mass is 10.0. The van der Waals surface area contributed by atoms with Crippen molar-refractivity contribution < 1.29 is 17.6 Å². The summed E-state index contributed by atoms with van der Waals surface area (Å²) in [6.45, 7) is 0.654. The highest BCUT2D eigenvalue weighted by atomic mass is 35.5. The van der Waals surface area contributed by atoms with Crippen LogP contribution in [0.15, 0.2) is 18.2 Å². The van der Waals surface area contributed by atoms with Crippen LogP contribution in [0.3, 0.4) is 0 Å². The molecule has 0 radical (unpaired) electrons. The summed E-state index contributed by atoms with van der Waals surface area (Å²) < 4.78 is 52.7. The van der Waals surface area contributed by atoms with E-state index in [-0.39, 0.29) is 27.9 Å². The van der Waals surface area contributed by atoms with E-state index in [0.29, 0.717) is 11.6 Å². The van der Waals surface area contributed by atoms with Crippen LogP contribution < -0.4 is 5.32 Å². The van der Waals surface area contributed by atoms with E-state index in [9.17, 15) is 17.6 Å². The Kier molecular flexibility index (Phi) is 5.37. The summed E-state index contributed by atoms with van der Waals surface area (Å²) in [6, 6.07) is 3.30. The summed E-state index contributed by atoms with van der Waals surface area (Å²) >= 11 is 6.25. The molecule has 0 atom stereocenters. The van der Waals surface area contributed by atoms with Crippen LogP contribution in [0.1, 0.15) is 42.6 Å². The van der Waals surface area contributed by atoms with Crippen molar-refractivity contribution in [2.45, 2.75) is 51.5 Å². The first kappa shape index (κ1) is 18.9.